The number of piperidine rings is 1. The summed E-state index contributed by atoms with van der Waals surface area (Å²) in [7, 11) is 1.60. The Labute approximate surface area is 140 Å². The van der Waals surface area contributed by atoms with Gasteiger partial charge < -0.3 is 10.2 Å². The summed E-state index contributed by atoms with van der Waals surface area (Å²) in [5, 5.41) is 9.65. The summed E-state index contributed by atoms with van der Waals surface area (Å²) < 4.78 is 0. The number of hydrogen-bond donors (Lipinski definition) is 2. The van der Waals surface area contributed by atoms with E-state index in [9.17, 15) is 9.59 Å². The maximum Gasteiger partial charge on any atom is 0.254 e. The third kappa shape index (κ3) is 2.89. The van der Waals surface area contributed by atoms with Crippen LogP contribution in [-0.2, 0) is 5.41 Å². The summed E-state index contributed by atoms with van der Waals surface area (Å²) in [6.45, 7) is 3.32. The quantitative estimate of drug-likeness (QED) is 0.890. The van der Waals surface area contributed by atoms with Crippen molar-refractivity contribution in [2.45, 2.75) is 25.2 Å². The zero-order valence-corrected chi connectivity index (χ0v) is 13.9. The Bertz CT molecular complexity index is 742. The number of amides is 2. The molecule has 7 heteroatoms. The lowest BCUT2D eigenvalue weighted by molar-refractivity contribution is 0.0647. The number of nitrogens with one attached hydrogen (secondary N) is 2. The molecule has 126 valence electrons. The van der Waals surface area contributed by atoms with Crippen LogP contribution in [0.15, 0.2) is 30.7 Å². The van der Waals surface area contributed by atoms with Crippen molar-refractivity contribution >= 4 is 11.8 Å². The molecule has 2 aromatic rings. The van der Waals surface area contributed by atoms with Crippen molar-refractivity contribution in [3.63, 3.8) is 0 Å². The van der Waals surface area contributed by atoms with Gasteiger partial charge in [-0.05, 0) is 25.0 Å². The van der Waals surface area contributed by atoms with Crippen LogP contribution in [0.3, 0.4) is 0 Å². The lowest BCUT2D eigenvalue weighted by Crippen LogP contribution is -2.48. The van der Waals surface area contributed by atoms with Gasteiger partial charge in [0, 0.05) is 43.5 Å². The van der Waals surface area contributed by atoms with Crippen molar-refractivity contribution in [3.05, 3.63) is 47.5 Å². The normalized spacial score (nSPS) is 20.7. The van der Waals surface area contributed by atoms with Crippen molar-refractivity contribution < 1.29 is 9.59 Å². The van der Waals surface area contributed by atoms with Crippen molar-refractivity contribution in [2.75, 3.05) is 20.1 Å². The molecule has 0 saturated carbocycles. The van der Waals surface area contributed by atoms with Gasteiger partial charge in [0.15, 0.2) is 0 Å². The van der Waals surface area contributed by atoms with E-state index in [0.717, 1.165) is 18.5 Å². The number of likely N-dealkylation sites (tertiary alicyclic amines) is 1. The minimum absolute atomic E-state index is 0.00988. The van der Waals surface area contributed by atoms with Crippen LogP contribution >= 0.6 is 0 Å². The van der Waals surface area contributed by atoms with Gasteiger partial charge in [0.25, 0.3) is 11.8 Å². The van der Waals surface area contributed by atoms with Crippen LogP contribution in [0.1, 0.15) is 46.2 Å². The van der Waals surface area contributed by atoms with Crippen molar-refractivity contribution in [3.8, 4) is 0 Å². The van der Waals surface area contributed by atoms with Gasteiger partial charge in [-0.2, -0.15) is 5.10 Å². The summed E-state index contributed by atoms with van der Waals surface area (Å²) >= 11 is 0. The average Bonchev–Trinajstić information content (AvgIpc) is 3.12. The second-order valence-electron chi connectivity index (χ2n) is 6.36. The molecule has 1 saturated heterocycles. The molecule has 1 atom stereocenters. The molecule has 0 aliphatic carbocycles. The molecule has 1 aliphatic heterocycles. The minimum atomic E-state index is -0.334. The lowest BCUT2D eigenvalue weighted by atomic mass is 9.77. The smallest absolute Gasteiger partial charge is 0.254 e. The van der Waals surface area contributed by atoms with Crippen LogP contribution in [-0.4, -0.2) is 52.0 Å². The molecule has 1 fully saturated rings. The zero-order valence-electron chi connectivity index (χ0n) is 13.9. The predicted molar refractivity (Wildman–Crippen MR) is 88.7 cm³/mol. The van der Waals surface area contributed by atoms with E-state index < -0.39 is 0 Å². The van der Waals surface area contributed by atoms with Crippen molar-refractivity contribution in [2.24, 2.45) is 0 Å². The van der Waals surface area contributed by atoms with Crippen LogP contribution in [0.4, 0.5) is 0 Å². The van der Waals surface area contributed by atoms with E-state index in [1.54, 1.807) is 37.8 Å². The number of carbonyl (C=O) groups is 2. The highest BCUT2D eigenvalue weighted by molar-refractivity contribution is 5.96. The molecule has 24 heavy (non-hydrogen) atoms. The molecule has 2 N–H and O–H groups in total. The third-order valence-electron chi connectivity index (χ3n) is 4.63. The van der Waals surface area contributed by atoms with E-state index in [4.69, 9.17) is 0 Å². The van der Waals surface area contributed by atoms with Gasteiger partial charge in [-0.15, -0.1) is 0 Å². The van der Waals surface area contributed by atoms with E-state index in [-0.39, 0.29) is 17.2 Å². The largest absolute Gasteiger partial charge is 0.355 e. The molecule has 3 heterocycles. The standard InChI is InChI=1S/C17H21N5O2/c1-17(14-13(10-20-21-14)15(23)18-2)6-3-9-22(11-17)16(24)12-4-7-19-8-5-12/h4-5,7-8,10H,3,6,9,11H2,1-2H3,(H,18,23)(H,20,21). The highest BCUT2D eigenvalue weighted by Crippen LogP contribution is 2.34. The topological polar surface area (TPSA) is 91.0 Å². The maximum atomic E-state index is 12.7. The van der Waals surface area contributed by atoms with Crippen molar-refractivity contribution in [1.82, 2.24) is 25.4 Å². The van der Waals surface area contributed by atoms with Crippen LogP contribution in [0.25, 0.3) is 0 Å². The Morgan fingerprint density at radius 3 is 2.79 bits per heavy atom. The summed E-state index contributed by atoms with van der Waals surface area (Å²) in [6, 6.07) is 3.45. The fourth-order valence-electron chi connectivity index (χ4n) is 3.35. The zero-order chi connectivity index (χ0) is 17.2. The van der Waals surface area contributed by atoms with Crippen LogP contribution in [0, 0.1) is 0 Å². The van der Waals surface area contributed by atoms with Gasteiger partial charge in [-0.3, -0.25) is 19.7 Å². The number of H-pyrrole nitrogens is 1. The molecule has 1 aliphatic rings. The van der Waals surface area contributed by atoms with E-state index in [1.807, 2.05) is 4.90 Å². The minimum Gasteiger partial charge on any atom is -0.355 e. The Hall–Kier alpha value is -2.70. The Morgan fingerprint density at radius 1 is 1.33 bits per heavy atom. The molecule has 0 radical (unpaired) electrons. The monoisotopic (exact) mass is 327 g/mol. The molecule has 0 spiro atoms. The predicted octanol–water partition coefficient (Wildman–Crippen LogP) is 1.36. The lowest BCUT2D eigenvalue weighted by Gasteiger charge is -2.40. The maximum absolute atomic E-state index is 12.7. The summed E-state index contributed by atoms with van der Waals surface area (Å²) in [6.07, 6.45) is 6.55. The van der Waals surface area contributed by atoms with Crippen molar-refractivity contribution in [1.29, 1.82) is 0 Å². The molecule has 2 amide bonds. The van der Waals surface area contributed by atoms with Gasteiger partial charge >= 0.3 is 0 Å². The number of aromatic amines is 1. The molecular weight excluding hydrogens is 306 g/mol. The van der Waals surface area contributed by atoms with Gasteiger partial charge in [-0.25, -0.2) is 0 Å². The first-order valence-electron chi connectivity index (χ1n) is 8.00. The Balaban J connectivity index is 1.86. The first kappa shape index (κ1) is 16.2. The van der Waals surface area contributed by atoms with Crippen LogP contribution in [0.5, 0.6) is 0 Å². The number of carbonyl (C=O) groups excluding carboxylic acids is 2. The van der Waals surface area contributed by atoms with E-state index >= 15 is 0 Å². The molecular formula is C17H21N5O2. The highest BCUT2D eigenvalue weighted by Gasteiger charge is 2.38. The second kappa shape index (κ2) is 6.43. The van der Waals surface area contributed by atoms with Gasteiger partial charge in [0.2, 0.25) is 0 Å². The fraction of sp³-hybridized carbons (Fsp3) is 0.412. The highest BCUT2D eigenvalue weighted by atomic mass is 16.2. The molecule has 0 bridgehead atoms. The summed E-state index contributed by atoms with van der Waals surface area (Å²) in [4.78, 5) is 30.6. The molecule has 3 rings (SSSR count). The first-order valence-corrected chi connectivity index (χ1v) is 8.00. The fourth-order valence-corrected chi connectivity index (χ4v) is 3.35. The molecule has 7 nitrogen and oxygen atoms in total. The third-order valence-corrected chi connectivity index (χ3v) is 4.63. The van der Waals surface area contributed by atoms with E-state index in [0.29, 0.717) is 24.2 Å². The summed E-state index contributed by atoms with van der Waals surface area (Å²) in [5.74, 6) is -0.179. The van der Waals surface area contributed by atoms with Crippen LogP contribution < -0.4 is 5.32 Å². The average molecular weight is 327 g/mol. The van der Waals surface area contributed by atoms with Gasteiger partial charge in [0.05, 0.1) is 17.5 Å². The number of nitrogens with zero attached hydrogens (tertiary/aromatic N) is 3. The number of rotatable bonds is 3. The summed E-state index contributed by atoms with van der Waals surface area (Å²) in [5.41, 5.74) is 1.62. The molecule has 0 aromatic carbocycles. The van der Waals surface area contributed by atoms with Gasteiger partial charge in [0.1, 0.15) is 0 Å². The SMILES string of the molecule is CNC(=O)c1cn[nH]c1C1(C)CCCN(C(=O)c2ccncc2)C1. The second-order valence-corrected chi connectivity index (χ2v) is 6.36. The molecule has 1 unspecified atom stereocenters. The Morgan fingerprint density at radius 2 is 2.08 bits per heavy atom. The molecule has 2 aromatic heterocycles. The number of aromatic nitrogens is 3. The van der Waals surface area contributed by atoms with E-state index in [1.165, 1.54) is 0 Å². The van der Waals surface area contributed by atoms with Gasteiger partial charge in [-0.1, -0.05) is 6.92 Å². The Kier molecular flexibility index (Phi) is 4.33. The number of hydrogen-bond acceptors (Lipinski definition) is 4. The van der Waals surface area contributed by atoms with Crippen LogP contribution in [0.2, 0.25) is 0 Å². The number of pyridine rings is 1. The first-order chi connectivity index (χ1) is 11.5. The van der Waals surface area contributed by atoms with E-state index in [2.05, 4.69) is 27.4 Å².